The van der Waals surface area contributed by atoms with Crippen molar-refractivity contribution in [2.24, 2.45) is 0 Å². The summed E-state index contributed by atoms with van der Waals surface area (Å²) in [5.74, 6) is -3.09. The molecule has 0 aromatic heterocycles. The Kier molecular flexibility index (Phi) is 7.40. The molecule has 0 bridgehead atoms. The SMILES string of the molecule is Cc1cc(OCC(=O)NC(CCC(=O)O)C(=O)O)cc(C)c1S(=O)(=O)Cl. The number of rotatable bonds is 9. The molecule has 3 N–H and O–H groups in total. The van der Waals surface area contributed by atoms with E-state index in [2.05, 4.69) is 5.32 Å². The molecule has 0 aliphatic rings. The van der Waals surface area contributed by atoms with Gasteiger partial charge in [-0.25, -0.2) is 13.2 Å². The Labute approximate surface area is 154 Å². The van der Waals surface area contributed by atoms with Crippen LogP contribution in [0.15, 0.2) is 17.0 Å². The molecule has 1 unspecified atom stereocenters. The number of carbonyl (C=O) groups excluding carboxylic acids is 1. The maximum atomic E-state index is 11.8. The van der Waals surface area contributed by atoms with E-state index in [-0.39, 0.29) is 17.1 Å². The lowest BCUT2D eigenvalue weighted by atomic mass is 10.1. The van der Waals surface area contributed by atoms with Gasteiger partial charge in [-0.3, -0.25) is 9.59 Å². The molecule has 1 aromatic rings. The molecular formula is C15H18ClNO8S. The highest BCUT2D eigenvalue weighted by molar-refractivity contribution is 8.13. The van der Waals surface area contributed by atoms with E-state index >= 15 is 0 Å². The maximum Gasteiger partial charge on any atom is 0.326 e. The molecule has 0 radical (unpaired) electrons. The van der Waals surface area contributed by atoms with Crippen molar-refractivity contribution in [3.05, 3.63) is 23.3 Å². The number of hydrogen-bond acceptors (Lipinski definition) is 6. The Morgan fingerprint density at radius 1 is 1.19 bits per heavy atom. The first-order chi connectivity index (χ1) is 11.9. The molecular weight excluding hydrogens is 390 g/mol. The van der Waals surface area contributed by atoms with Crippen molar-refractivity contribution >= 4 is 37.6 Å². The molecule has 26 heavy (non-hydrogen) atoms. The van der Waals surface area contributed by atoms with Gasteiger partial charge < -0.3 is 20.3 Å². The minimum Gasteiger partial charge on any atom is -0.484 e. The summed E-state index contributed by atoms with van der Waals surface area (Å²) >= 11 is 0. The Hall–Kier alpha value is -2.33. The molecule has 11 heteroatoms. The fraction of sp³-hybridized carbons (Fsp3) is 0.400. The molecule has 1 atom stereocenters. The highest BCUT2D eigenvalue weighted by Gasteiger charge is 2.22. The summed E-state index contributed by atoms with van der Waals surface area (Å²) < 4.78 is 28.3. The average molecular weight is 408 g/mol. The first-order valence-electron chi connectivity index (χ1n) is 7.34. The number of halogens is 1. The highest BCUT2D eigenvalue weighted by atomic mass is 35.7. The van der Waals surface area contributed by atoms with Crippen molar-refractivity contribution in [2.75, 3.05) is 6.61 Å². The first-order valence-corrected chi connectivity index (χ1v) is 9.65. The average Bonchev–Trinajstić information content (AvgIpc) is 2.46. The molecule has 0 heterocycles. The molecule has 0 aliphatic heterocycles. The fourth-order valence-corrected chi connectivity index (χ4v) is 3.91. The molecule has 0 saturated carbocycles. The van der Waals surface area contributed by atoms with Crippen LogP contribution in [0.5, 0.6) is 5.75 Å². The van der Waals surface area contributed by atoms with Crippen molar-refractivity contribution in [1.29, 1.82) is 0 Å². The summed E-state index contributed by atoms with van der Waals surface area (Å²) in [6.45, 7) is 2.51. The second-order valence-electron chi connectivity index (χ2n) is 5.50. The maximum absolute atomic E-state index is 11.8. The predicted molar refractivity (Wildman–Crippen MR) is 90.9 cm³/mol. The van der Waals surface area contributed by atoms with Crippen LogP contribution in [0.2, 0.25) is 0 Å². The lowest BCUT2D eigenvalue weighted by molar-refractivity contribution is -0.143. The second kappa shape index (κ2) is 8.86. The minimum atomic E-state index is -3.93. The van der Waals surface area contributed by atoms with E-state index in [0.717, 1.165) is 0 Å². The van der Waals surface area contributed by atoms with Crippen molar-refractivity contribution in [3.63, 3.8) is 0 Å². The summed E-state index contributed by atoms with van der Waals surface area (Å²) in [6, 6.07) is 1.41. The number of aryl methyl sites for hydroxylation is 2. The van der Waals surface area contributed by atoms with Gasteiger partial charge in [0.25, 0.3) is 15.0 Å². The van der Waals surface area contributed by atoms with Gasteiger partial charge >= 0.3 is 11.9 Å². The van der Waals surface area contributed by atoms with Gasteiger partial charge in [0.1, 0.15) is 11.8 Å². The van der Waals surface area contributed by atoms with Crippen LogP contribution in [0.25, 0.3) is 0 Å². The number of carboxylic acids is 2. The number of nitrogens with one attached hydrogen (secondary N) is 1. The Morgan fingerprint density at radius 3 is 2.15 bits per heavy atom. The largest absolute Gasteiger partial charge is 0.484 e. The number of benzene rings is 1. The number of hydrogen-bond donors (Lipinski definition) is 3. The van der Waals surface area contributed by atoms with Crippen molar-refractivity contribution in [1.82, 2.24) is 5.32 Å². The van der Waals surface area contributed by atoms with Crippen LogP contribution < -0.4 is 10.1 Å². The molecule has 0 aliphatic carbocycles. The quantitative estimate of drug-likeness (QED) is 0.514. The molecule has 0 spiro atoms. The standard InChI is InChI=1S/C15H18ClNO8S/c1-8-5-10(6-9(2)14(8)26(16,23)24)25-7-12(18)17-11(15(21)22)3-4-13(19)20/h5-6,11H,3-4,7H2,1-2H3,(H,17,18)(H,19,20)(H,21,22). The van der Waals surface area contributed by atoms with E-state index in [0.29, 0.717) is 11.1 Å². The molecule has 144 valence electrons. The number of amides is 1. The van der Waals surface area contributed by atoms with Crippen molar-refractivity contribution < 1.29 is 37.8 Å². The van der Waals surface area contributed by atoms with Crippen LogP contribution in [0.1, 0.15) is 24.0 Å². The lowest BCUT2D eigenvalue weighted by Gasteiger charge is -2.15. The molecule has 1 rings (SSSR count). The zero-order valence-corrected chi connectivity index (χ0v) is 15.6. The summed E-state index contributed by atoms with van der Waals surface area (Å²) in [5.41, 5.74) is 0.667. The fourth-order valence-electron chi connectivity index (χ4n) is 2.29. The summed E-state index contributed by atoms with van der Waals surface area (Å²) in [6.07, 6.45) is -0.679. The molecule has 1 aromatic carbocycles. The van der Waals surface area contributed by atoms with E-state index in [1.807, 2.05) is 0 Å². The first kappa shape index (κ1) is 21.7. The van der Waals surface area contributed by atoms with E-state index in [1.54, 1.807) is 0 Å². The number of ether oxygens (including phenoxy) is 1. The third-order valence-electron chi connectivity index (χ3n) is 3.33. The Morgan fingerprint density at radius 2 is 1.73 bits per heavy atom. The molecule has 1 amide bonds. The van der Waals surface area contributed by atoms with Crippen LogP contribution in [0.4, 0.5) is 0 Å². The summed E-state index contributed by atoms with van der Waals surface area (Å²) in [5, 5.41) is 19.7. The Bertz CT molecular complexity index is 798. The third kappa shape index (κ3) is 6.52. The normalized spacial score (nSPS) is 12.3. The summed E-state index contributed by atoms with van der Waals surface area (Å²) in [4.78, 5) is 33.3. The topological polar surface area (TPSA) is 147 Å². The van der Waals surface area contributed by atoms with Gasteiger partial charge in [-0.15, -0.1) is 0 Å². The molecule has 9 nitrogen and oxygen atoms in total. The number of aliphatic carboxylic acids is 2. The van der Waals surface area contributed by atoms with Gasteiger partial charge in [-0.1, -0.05) is 0 Å². The lowest BCUT2D eigenvalue weighted by Crippen LogP contribution is -2.43. The third-order valence-corrected chi connectivity index (χ3v) is 4.92. The van der Waals surface area contributed by atoms with Gasteiger partial charge in [0.05, 0.1) is 4.90 Å². The van der Waals surface area contributed by atoms with Crippen LogP contribution >= 0.6 is 10.7 Å². The van der Waals surface area contributed by atoms with E-state index in [9.17, 15) is 22.8 Å². The van der Waals surface area contributed by atoms with E-state index in [1.165, 1.54) is 26.0 Å². The smallest absolute Gasteiger partial charge is 0.326 e. The van der Waals surface area contributed by atoms with Crippen LogP contribution in [0.3, 0.4) is 0 Å². The molecule has 0 saturated heterocycles. The van der Waals surface area contributed by atoms with Gasteiger partial charge in [-0.05, 0) is 43.5 Å². The second-order valence-corrected chi connectivity index (χ2v) is 8.01. The number of carbonyl (C=O) groups is 3. The van der Waals surface area contributed by atoms with Crippen molar-refractivity contribution in [2.45, 2.75) is 37.6 Å². The van der Waals surface area contributed by atoms with Crippen LogP contribution in [-0.2, 0) is 23.4 Å². The van der Waals surface area contributed by atoms with Crippen molar-refractivity contribution in [3.8, 4) is 5.75 Å². The zero-order valence-electron chi connectivity index (χ0n) is 14.0. The Balaban J connectivity index is 2.75. The number of carboxylic acid groups (broad SMARTS) is 2. The van der Waals surface area contributed by atoms with Gasteiger partial charge in [0.15, 0.2) is 6.61 Å². The van der Waals surface area contributed by atoms with Gasteiger partial charge in [0.2, 0.25) is 0 Å². The monoisotopic (exact) mass is 407 g/mol. The van der Waals surface area contributed by atoms with Gasteiger partial charge in [0, 0.05) is 17.1 Å². The zero-order chi connectivity index (χ0) is 20.1. The van der Waals surface area contributed by atoms with Crippen LogP contribution in [0, 0.1) is 13.8 Å². The highest BCUT2D eigenvalue weighted by Crippen LogP contribution is 2.28. The van der Waals surface area contributed by atoms with E-state index in [4.69, 9.17) is 25.6 Å². The predicted octanol–water partition coefficient (Wildman–Crippen LogP) is 1.04. The minimum absolute atomic E-state index is 0.0458. The summed E-state index contributed by atoms with van der Waals surface area (Å²) in [7, 11) is 1.43. The van der Waals surface area contributed by atoms with Gasteiger partial charge in [-0.2, -0.15) is 0 Å². The molecule has 0 fully saturated rings. The van der Waals surface area contributed by atoms with E-state index < -0.39 is 46.0 Å². The van der Waals surface area contributed by atoms with Crippen LogP contribution in [-0.4, -0.2) is 49.1 Å².